The lowest BCUT2D eigenvalue weighted by atomic mass is 10.1. The molecule has 0 aliphatic rings. The van der Waals surface area contributed by atoms with E-state index < -0.39 is 6.10 Å². The van der Waals surface area contributed by atoms with Gasteiger partial charge in [0.05, 0.1) is 6.10 Å². The van der Waals surface area contributed by atoms with Gasteiger partial charge >= 0.3 is 0 Å². The number of rotatable bonds is 4. The van der Waals surface area contributed by atoms with Gasteiger partial charge in [0.2, 0.25) is 0 Å². The molecule has 94 valence electrons. The van der Waals surface area contributed by atoms with Crippen molar-refractivity contribution >= 4 is 23.4 Å². The molecule has 0 amide bonds. The molecular formula is C15H15ClOS. The molecule has 0 fully saturated rings. The van der Waals surface area contributed by atoms with Gasteiger partial charge in [-0.1, -0.05) is 48.0 Å². The van der Waals surface area contributed by atoms with Gasteiger partial charge < -0.3 is 5.11 Å². The first-order valence-electron chi connectivity index (χ1n) is 5.79. The van der Waals surface area contributed by atoms with E-state index in [1.54, 1.807) is 17.8 Å². The minimum absolute atomic E-state index is 0.539. The van der Waals surface area contributed by atoms with E-state index in [4.69, 9.17) is 11.6 Å². The van der Waals surface area contributed by atoms with Gasteiger partial charge in [0.1, 0.15) is 0 Å². The number of thioether (sulfide) groups is 1. The summed E-state index contributed by atoms with van der Waals surface area (Å²) in [5, 5.41) is 10.8. The highest BCUT2D eigenvalue weighted by Gasteiger charge is 2.11. The highest BCUT2D eigenvalue weighted by Crippen LogP contribution is 2.29. The maximum absolute atomic E-state index is 10.1. The first kappa shape index (κ1) is 13.5. The third kappa shape index (κ3) is 3.29. The van der Waals surface area contributed by atoms with Gasteiger partial charge in [0.15, 0.2) is 0 Å². The molecular weight excluding hydrogens is 264 g/mol. The maximum Gasteiger partial charge on any atom is 0.0898 e. The SMILES string of the molecule is Cc1ccccc1SCC(O)c1ccccc1Cl. The molecule has 0 aliphatic heterocycles. The second-order valence-electron chi connectivity index (χ2n) is 4.11. The Morgan fingerprint density at radius 3 is 2.50 bits per heavy atom. The van der Waals surface area contributed by atoms with Crippen molar-refractivity contribution in [2.45, 2.75) is 17.9 Å². The zero-order valence-electron chi connectivity index (χ0n) is 10.1. The van der Waals surface area contributed by atoms with E-state index in [1.807, 2.05) is 30.3 Å². The molecule has 18 heavy (non-hydrogen) atoms. The Balaban J connectivity index is 2.03. The van der Waals surface area contributed by atoms with Crippen LogP contribution in [-0.2, 0) is 0 Å². The molecule has 3 heteroatoms. The molecule has 0 aromatic heterocycles. The summed E-state index contributed by atoms with van der Waals surface area (Å²) in [6.07, 6.45) is -0.539. The molecule has 0 aliphatic carbocycles. The zero-order chi connectivity index (χ0) is 13.0. The minimum Gasteiger partial charge on any atom is -0.387 e. The lowest BCUT2D eigenvalue weighted by Crippen LogP contribution is -2.01. The van der Waals surface area contributed by atoms with Gasteiger partial charge in [-0.3, -0.25) is 0 Å². The number of halogens is 1. The van der Waals surface area contributed by atoms with Crippen LogP contribution in [0.3, 0.4) is 0 Å². The Labute approximate surface area is 117 Å². The molecule has 1 N–H and O–H groups in total. The van der Waals surface area contributed by atoms with Crippen molar-refractivity contribution in [3.63, 3.8) is 0 Å². The fourth-order valence-electron chi connectivity index (χ4n) is 1.72. The fraction of sp³-hybridized carbons (Fsp3) is 0.200. The molecule has 2 aromatic carbocycles. The Bertz CT molecular complexity index is 527. The van der Waals surface area contributed by atoms with Gasteiger partial charge in [-0.2, -0.15) is 0 Å². The monoisotopic (exact) mass is 278 g/mol. The van der Waals surface area contributed by atoms with E-state index in [9.17, 15) is 5.11 Å². The summed E-state index contributed by atoms with van der Waals surface area (Å²) >= 11 is 7.71. The second-order valence-corrected chi connectivity index (χ2v) is 5.58. The van der Waals surface area contributed by atoms with Crippen molar-refractivity contribution in [3.8, 4) is 0 Å². The molecule has 0 spiro atoms. The molecule has 0 heterocycles. The number of aliphatic hydroxyl groups is 1. The lowest BCUT2D eigenvalue weighted by molar-refractivity contribution is 0.204. The van der Waals surface area contributed by atoms with Crippen LogP contribution < -0.4 is 0 Å². The van der Waals surface area contributed by atoms with Gasteiger partial charge in [0.25, 0.3) is 0 Å². The van der Waals surface area contributed by atoms with Crippen LogP contribution in [0.25, 0.3) is 0 Å². The van der Waals surface area contributed by atoms with Gasteiger partial charge in [-0.05, 0) is 30.2 Å². The largest absolute Gasteiger partial charge is 0.387 e. The maximum atomic E-state index is 10.1. The van der Waals surface area contributed by atoms with Crippen LogP contribution in [0.1, 0.15) is 17.2 Å². The van der Waals surface area contributed by atoms with E-state index >= 15 is 0 Å². The summed E-state index contributed by atoms with van der Waals surface area (Å²) in [5.74, 6) is 0.606. The van der Waals surface area contributed by atoms with Crippen LogP contribution in [0.15, 0.2) is 53.4 Å². The van der Waals surface area contributed by atoms with Crippen LogP contribution in [0.2, 0.25) is 5.02 Å². The normalized spacial score (nSPS) is 12.4. The summed E-state index contributed by atoms with van der Waals surface area (Å²) in [7, 11) is 0. The molecule has 0 radical (unpaired) electrons. The summed E-state index contributed by atoms with van der Waals surface area (Å²) in [6.45, 7) is 2.07. The van der Waals surface area contributed by atoms with Crippen molar-refractivity contribution in [1.82, 2.24) is 0 Å². The summed E-state index contributed by atoms with van der Waals surface area (Å²) in [5.41, 5.74) is 2.02. The van der Waals surface area contributed by atoms with E-state index in [-0.39, 0.29) is 0 Å². The molecule has 0 saturated heterocycles. The van der Waals surface area contributed by atoms with Crippen LogP contribution in [-0.4, -0.2) is 10.9 Å². The molecule has 1 unspecified atom stereocenters. The fourth-order valence-corrected chi connectivity index (χ4v) is 2.97. The Morgan fingerprint density at radius 1 is 1.11 bits per heavy atom. The molecule has 0 saturated carbocycles. The Hall–Kier alpha value is -0.960. The molecule has 1 atom stereocenters. The van der Waals surface area contributed by atoms with Gasteiger partial charge in [0, 0.05) is 15.7 Å². The van der Waals surface area contributed by atoms with Gasteiger partial charge in [-0.15, -0.1) is 11.8 Å². The number of hydrogen-bond donors (Lipinski definition) is 1. The smallest absolute Gasteiger partial charge is 0.0898 e. The quantitative estimate of drug-likeness (QED) is 0.833. The third-order valence-corrected chi connectivity index (χ3v) is 4.35. The predicted octanol–water partition coefficient (Wildman–Crippen LogP) is 4.47. The number of benzene rings is 2. The van der Waals surface area contributed by atoms with Crippen molar-refractivity contribution in [2.24, 2.45) is 0 Å². The third-order valence-electron chi connectivity index (χ3n) is 2.75. The van der Waals surface area contributed by atoms with E-state index in [0.29, 0.717) is 10.8 Å². The molecule has 2 rings (SSSR count). The average molecular weight is 279 g/mol. The Morgan fingerprint density at radius 2 is 1.78 bits per heavy atom. The first-order valence-corrected chi connectivity index (χ1v) is 7.16. The summed E-state index contributed by atoms with van der Waals surface area (Å²) in [4.78, 5) is 1.20. The van der Waals surface area contributed by atoms with Gasteiger partial charge in [-0.25, -0.2) is 0 Å². The van der Waals surface area contributed by atoms with Crippen molar-refractivity contribution in [1.29, 1.82) is 0 Å². The van der Waals surface area contributed by atoms with Crippen molar-refractivity contribution in [2.75, 3.05) is 5.75 Å². The Kier molecular flexibility index (Phi) is 4.70. The van der Waals surface area contributed by atoms with E-state index in [1.165, 1.54) is 10.5 Å². The summed E-state index contributed by atoms with van der Waals surface area (Å²) < 4.78 is 0. The predicted molar refractivity (Wildman–Crippen MR) is 78.3 cm³/mol. The van der Waals surface area contributed by atoms with Crippen LogP contribution in [0.4, 0.5) is 0 Å². The standard InChI is InChI=1S/C15H15ClOS/c1-11-6-2-5-9-15(11)18-10-14(17)12-7-3-4-8-13(12)16/h2-9,14,17H,10H2,1H3. The highest BCUT2D eigenvalue weighted by molar-refractivity contribution is 7.99. The summed E-state index contributed by atoms with van der Waals surface area (Å²) in [6, 6.07) is 15.6. The molecule has 0 bridgehead atoms. The topological polar surface area (TPSA) is 20.2 Å². The number of hydrogen-bond acceptors (Lipinski definition) is 2. The second kappa shape index (κ2) is 6.28. The number of aryl methyl sites for hydroxylation is 1. The van der Waals surface area contributed by atoms with E-state index in [0.717, 1.165) is 5.56 Å². The lowest BCUT2D eigenvalue weighted by Gasteiger charge is -2.13. The number of aliphatic hydroxyl groups excluding tert-OH is 1. The average Bonchev–Trinajstić information content (AvgIpc) is 2.38. The van der Waals surface area contributed by atoms with E-state index in [2.05, 4.69) is 19.1 Å². The molecule has 2 aromatic rings. The van der Waals surface area contributed by atoms with Crippen LogP contribution >= 0.6 is 23.4 Å². The zero-order valence-corrected chi connectivity index (χ0v) is 11.7. The minimum atomic E-state index is -0.539. The first-order chi connectivity index (χ1) is 8.68. The van der Waals surface area contributed by atoms with Crippen molar-refractivity contribution < 1.29 is 5.11 Å². The highest BCUT2D eigenvalue weighted by atomic mass is 35.5. The molecule has 1 nitrogen and oxygen atoms in total. The van der Waals surface area contributed by atoms with Crippen LogP contribution in [0.5, 0.6) is 0 Å². The van der Waals surface area contributed by atoms with Crippen LogP contribution in [0, 0.1) is 6.92 Å². The van der Waals surface area contributed by atoms with Crippen molar-refractivity contribution in [3.05, 3.63) is 64.7 Å².